The lowest BCUT2D eigenvalue weighted by Crippen LogP contribution is -2.23. The van der Waals surface area contributed by atoms with Crippen molar-refractivity contribution in [1.82, 2.24) is 14.3 Å². The van der Waals surface area contributed by atoms with Crippen LogP contribution in [-0.4, -0.2) is 36.5 Å². The molecule has 29 heavy (non-hydrogen) atoms. The number of thioether (sulfide) groups is 1. The molecule has 1 heterocycles. The van der Waals surface area contributed by atoms with E-state index in [1.807, 2.05) is 34.9 Å². The van der Waals surface area contributed by atoms with Gasteiger partial charge in [0.25, 0.3) is 0 Å². The van der Waals surface area contributed by atoms with Gasteiger partial charge in [0.1, 0.15) is 0 Å². The monoisotopic (exact) mass is 443 g/mol. The first-order valence-electron chi connectivity index (χ1n) is 8.82. The summed E-state index contributed by atoms with van der Waals surface area (Å²) in [4.78, 5) is 4.42. The van der Waals surface area contributed by atoms with E-state index in [0.717, 1.165) is 24.0 Å². The van der Waals surface area contributed by atoms with Crippen molar-refractivity contribution in [2.24, 2.45) is 0 Å². The van der Waals surface area contributed by atoms with Crippen molar-refractivity contribution in [3.63, 3.8) is 0 Å². The molecule has 0 aliphatic carbocycles. The Morgan fingerprint density at radius 3 is 2.52 bits per heavy atom. The number of alkyl halides is 3. The highest BCUT2D eigenvalue weighted by atomic mass is 32.2. The molecule has 0 amide bonds. The van der Waals surface area contributed by atoms with Crippen molar-refractivity contribution < 1.29 is 21.6 Å². The molecule has 0 saturated carbocycles. The maximum atomic E-state index is 13.1. The molecule has 2 aromatic carbocycles. The summed E-state index contributed by atoms with van der Waals surface area (Å²) in [7, 11) is -3.24. The van der Waals surface area contributed by atoms with Crippen molar-refractivity contribution in [2.75, 3.05) is 18.6 Å². The lowest BCUT2D eigenvalue weighted by Gasteiger charge is -2.10. The Morgan fingerprint density at radius 2 is 1.86 bits per heavy atom. The van der Waals surface area contributed by atoms with Gasteiger partial charge in [-0.15, -0.1) is 0 Å². The second kappa shape index (κ2) is 8.76. The SMILES string of the molecule is CS(=O)(=O)NCCCSc1nc2cc(C(F)(F)F)ccc2n1Cc1ccccc1. The predicted octanol–water partition coefficient (Wildman–Crippen LogP) is 4.13. The van der Waals surface area contributed by atoms with E-state index >= 15 is 0 Å². The van der Waals surface area contributed by atoms with E-state index in [4.69, 9.17) is 0 Å². The van der Waals surface area contributed by atoms with E-state index in [1.165, 1.54) is 17.8 Å². The Balaban J connectivity index is 1.86. The number of hydrogen-bond acceptors (Lipinski definition) is 4. The second-order valence-electron chi connectivity index (χ2n) is 6.54. The van der Waals surface area contributed by atoms with Crippen molar-refractivity contribution in [3.8, 4) is 0 Å². The Hall–Kier alpha value is -2.04. The third-order valence-electron chi connectivity index (χ3n) is 4.14. The lowest BCUT2D eigenvalue weighted by atomic mass is 10.2. The zero-order chi connectivity index (χ0) is 21.1. The number of halogens is 3. The minimum Gasteiger partial charge on any atom is -0.314 e. The van der Waals surface area contributed by atoms with Crippen molar-refractivity contribution in [2.45, 2.75) is 24.3 Å². The Morgan fingerprint density at radius 1 is 1.14 bits per heavy atom. The number of benzene rings is 2. The van der Waals surface area contributed by atoms with Crippen molar-refractivity contribution >= 4 is 32.8 Å². The zero-order valence-corrected chi connectivity index (χ0v) is 17.2. The summed E-state index contributed by atoms with van der Waals surface area (Å²) in [5, 5.41) is 0.600. The van der Waals surface area contributed by atoms with Gasteiger partial charge < -0.3 is 4.57 Å². The van der Waals surface area contributed by atoms with Gasteiger partial charge in [0, 0.05) is 12.3 Å². The van der Waals surface area contributed by atoms with E-state index in [0.29, 0.717) is 35.9 Å². The van der Waals surface area contributed by atoms with Gasteiger partial charge in [-0.1, -0.05) is 42.1 Å². The summed E-state index contributed by atoms with van der Waals surface area (Å²) in [6.07, 6.45) is -2.76. The van der Waals surface area contributed by atoms with Crippen LogP contribution >= 0.6 is 11.8 Å². The van der Waals surface area contributed by atoms with Crippen LogP contribution in [0.15, 0.2) is 53.7 Å². The number of hydrogen-bond donors (Lipinski definition) is 1. The third-order valence-corrected chi connectivity index (χ3v) is 5.93. The molecule has 3 rings (SSSR count). The van der Waals surface area contributed by atoms with Gasteiger partial charge in [-0.3, -0.25) is 0 Å². The van der Waals surface area contributed by atoms with Gasteiger partial charge in [-0.25, -0.2) is 18.1 Å². The molecule has 156 valence electrons. The molecule has 0 aliphatic rings. The molecule has 1 aromatic heterocycles. The summed E-state index contributed by atoms with van der Waals surface area (Å²) in [6, 6.07) is 13.2. The van der Waals surface area contributed by atoms with Crippen LogP contribution in [0.25, 0.3) is 11.0 Å². The molecular formula is C19H20F3N3O2S2. The number of nitrogens with zero attached hydrogens (tertiary/aromatic N) is 2. The van der Waals surface area contributed by atoms with Gasteiger partial charge in [0.15, 0.2) is 5.16 Å². The first-order chi connectivity index (χ1) is 13.6. The Kier molecular flexibility index (Phi) is 6.55. The Bertz CT molecular complexity index is 1080. The van der Waals surface area contributed by atoms with E-state index in [9.17, 15) is 21.6 Å². The predicted molar refractivity (Wildman–Crippen MR) is 108 cm³/mol. The molecule has 0 spiro atoms. The molecule has 0 atom stereocenters. The van der Waals surface area contributed by atoms with Crippen LogP contribution in [0.4, 0.5) is 13.2 Å². The molecule has 0 bridgehead atoms. The number of imidazole rings is 1. The van der Waals surface area contributed by atoms with Crippen LogP contribution in [0, 0.1) is 0 Å². The summed E-state index contributed by atoms with van der Waals surface area (Å²) < 4.78 is 65.7. The molecule has 0 unspecified atom stereocenters. The van der Waals surface area contributed by atoms with Crippen LogP contribution in [0.5, 0.6) is 0 Å². The van der Waals surface area contributed by atoms with E-state index in [-0.39, 0.29) is 5.52 Å². The van der Waals surface area contributed by atoms with E-state index in [2.05, 4.69) is 9.71 Å². The molecular weight excluding hydrogens is 423 g/mol. The molecule has 0 aliphatic heterocycles. The minimum absolute atomic E-state index is 0.285. The molecule has 0 radical (unpaired) electrons. The van der Waals surface area contributed by atoms with Gasteiger partial charge in [0.05, 0.1) is 29.4 Å². The maximum absolute atomic E-state index is 13.1. The topological polar surface area (TPSA) is 64.0 Å². The normalized spacial score (nSPS) is 12.6. The van der Waals surface area contributed by atoms with Gasteiger partial charge in [-0.2, -0.15) is 13.2 Å². The summed E-state index contributed by atoms with van der Waals surface area (Å²) in [6.45, 7) is 0.773. The molecule has 10 heteroatoms. The maximum Gasteiger partial charge on any atom is 0.416 e. The third kappa shape index (κ3) is 5.97. The number of nitrogens with one attached hydrogen (secondary N) is 1. The quantitative estimate of drug-likeness (QED) is 0.420. The number of fused-ring (bicyclic) bond motifs is 1. The fourth-order valence-electron chi connectivity index (χ4n) is 2.81. The summed E-state index contributed by atoms with van der Waals surface area (Å²) in [5.74, 6) is 0.576. The lowest BCUT2D eigenvalue weighted by molar-refractivity contribution is -0.137. The van der Waals surface area contributed by atoms with Gasteiger partial charge in [0.2, 0.25) is 10.0 Å². The second-order valence-corrected chi connectivity index (χ2v) is 9.43. The molecule has 3 aromatic rings. The average Bonchev–Trinajstić information content (AvgIpc) is 2.97. The largest absolute Gasteiger partial charge is 0.416 e. The van der Waals surface area contributed by atoms with Gasteiger partial charge >= 0.3 is 6.18 Å². The average molecular weight is 444 g/mol. The number of sulfonamides is 1. The van der Waals surface area contributed by atoms with Crippen LogP contribution < -0.4 is 4.72 Å². The highest BCUT2D eigenvalue weighted by molar-refractivity contribution is 7.99. The van der Waals surface area contributed by atoms with Crippen molar-refractivity contribution in [3.05, 3.63) is 59.7 Å². The molecule has 0 saturated heterocycles. The number of rotatable bonds is 8. The Labute approximate surface area is 171 Å². The standard InChI is InChI=1S/C19H20F3N3O2S2/c1-29(26,27)23-10-5-11-28-18-24-16-12-15(19(20,21)22)8-9-17(16)25(18)13-14-6-3-2-4-7-14/h2-4,6-9,12,23H,5,10-11,13H2,1H3. The van der Waals surface area contributed by atoms with Crippen LogP contribution in [0.3, 0.4) is 0 Å². The fourth-order valence-corrected chi connectivity index (χ4v) is 4.27. The fraction of sp³-hybridized carbons (Fsp3) is 0.316. The van der Waals surface area contributed by atoms with Crippen LogP contribution in [0.1, 0.15) is 17.5 Å². The highest BCUT2D eigenvalue weighted by Crippen LogP contribution is 2.33. The zero-order valence-electron chi connectivity index (χ0n) is 15.6. The first-order valence-corrected chi connectivity index (χ1v) is 11.7. The number of aromatic nitrogens is 2. The smallest absolute Gasteiger partial charge is 0.314 e. The highest BCUT2D eigenvalue weighted by Gasteiger charge is 2.31. The van der Waals surface area contributed by atoms with Crippen LogP contribution in [-0.2, 0) is 22.7 Å². The van der Waals surface area contributed by atoms with Crippen molar-refractivity contribution in [1.29, 1.82) is 0 Å². The minimum atomic E-state index is -4.43. The molecule has 5 nitrogen and oxygen atoms in total. The molecule has 1 N–H and O–H groups in total. The summed E-state index contributed by atoms with van der Waals surface area (Å²) >= 11 is 1.39. The van der Waals surface area contributed by atoms with E-state index < -0.39 is 21.8 Å². The van der Waals surface area contributed by atoms with Gasteiger partial charge in [-0.05, 0) is 30.2 Å². The van der Waals surface area contributed by atoms with Crippen LogP contribution in [0.2, 0.25) is 0 Å². The van der Waals surface area contributed by atoms with E-state index in [1.54, 1.807) is 0 Å². The summed E-state index contributed by atoms with van der Waals surface area (Å²) in [5.41, 5.74) is 1.18. The first kappa shape index (κ1) is 21.7. The molecule has 0 fully saturated rings.